The van der Waals surface area contributed by atoms with Crippen LogP contribution in [0.1, 0.15) is 23.7 Å². The Hall–Kier alpha value is -1.62. The molecular formula is C13H20N4O. The van der Waals surface area contributed by atoms with E-state index >= 15 is 0 Å². The molecule has 0 aromatic carbocycles. The number of piperidine rings is 1. The molecule has 0 aliphatic carbocycles. The Labute approximate surface area is 107 Å². The summed E-state index contributed by atoms with van der Waals surface area (Å²) in [6.45, 7) is 4.43. The van der Waals surface area contributed by atoms with Gasteiger partial charge in [0.15, 0.2) is 0 Å². The van der Waals surface area contributed by atoms with Crippen molar-refractivity contribution in [2.75, 3.05) is 25.5 Å². The first-order valence-electron chi connectivity index (χ1n) is 6.27. The fourth-order valence-electron chi connectivity index (χ4n) is 2.38. The van der Waals surface area contributed by atoms with Crippen molar-refractivity contribution in [1.82, 2.24) is 9.88 Å². The van der Waals surface area contributed by atoms with Gasteiger partial charge in [-0.15, -0.1) is 0 Å². The van der Waals surface area contributed by atoms with Gasteiger partial charge in [-0.3, -0.25) is 4.79 Å². The number of rotatable bonds is 3. The SMILES string of the molecule is CC1CN(C)CCC1Nc1ccc(C(N)=O)cn1. The summed E-state index contributed by atoms with van der Waals surface area (Å²) < 4.78 is 0. The predicted octanol–water partition coefficient (Wildman–Crippen LogP) is 0.933. The van der Waals surface area contributed by atoms with E-state index < -0.39 is 5.91 Å². The number of pyridine rings is 1. The van der Waals surface area contributed by atoms with Crippen molar-refractivity contribution in [1.29, 1.82) is 0 Å². The van der Waals surface area contributed by atoms with Gasteiger partial charge in [-0.1, -0.05) is 6.92 Å². The molecule has 5 nitrogen and oxygen atoms in total. The third kappa shape index (κ3) is 2.98. The van der Waals surface area contributed by atoms with E-state index in [1.54, 1.807) is 6.07 Å². The zero-order valence-electron chi connectivity index (χ0n) is 10.9. The quantitative estimate of drug-likeness (QED) is 0.835. The minimum atomic E-state index is -0.443. The molecule has 98 valence electrons. The van der Waals surface area contributed by atoms with Gasteiger partial charge in [-0.2, -0.15) is 0 Å². The first-order chi connectivity index (χ1) is 8.56. The van der Waals surface area contributed by atoms with Crippen molar-refractivity contribution < 1.29 is 4.79 Å². The van der Waals surface area contributed by atoms with Crippen LogP contribution in [0.4, 0.5) is 5.82 Å². The monoisotopic (exact) mass is 248 g/mol. The molecule has 0 spiro atoms. The topological polar surface area (TPSA) is 71.2 Å². The molecule has 0 saturated carbocycles. The van der Waals surface area contributed by atoms with Crippen LogP contribution in [0.15, 0.2) is 18.3 Å². The molecule has 18 heavy (non-hydrogen) atoms. The molecule has 2 atom stereocenters. The smallest absolute Gasteiger partial charge is 0.250 e. The summed E-state index contributed by atoms with van der Waals surface area (Å²) in [5, 5.41) is 3.43. The summed E-state index contributed by atoms with van der Waals surface area (Å²) in [4.78, 5) is 17.5. The van der Waals surface area contributed by atoms with E-state index in [4.69, 9.17) is 5.73 Å². The largest absolute Gasteiger partial charge is 0.367 e. The van der Waals surface area contributed by atoms with Crippen molar-refractivity contribution in [3.63, 3.8) is 0 Å². The molecule has 0 radical (unpaired) electrons. The third-order valence-electron chi connectivity index (χ3n) is 3.49. The van der Waals surface area contributed by atoms with E-state index in [0.717, 1.165) is 25.3 Å². The zero-order chi connectivity index (χ0) is 13.1. The van der Waals surface area contributed by atoms with E-state index in [0.29, 0.717) is 17.5 Å². The van der Waals surface area contributed by atoms with Gasteiger partial charge in [0.2, 0.25) is 5.91 Å². The van der Waals surface area contributed by atoms with E-state index in [1.807, 2.05) is 6.07 Å². The van der Waals surface area contributed by atoms with Crippen LogP contribution in [-0.4, -0.2) is 42.0 Å². The lowest BCUT2D eigenvalue weighted by Gasteiger charge is -2.35. The summed E-state index contributed by atoms with van der Waals surface area (Å²) in [6.07, 6.45) is 2.63. The number of aromatic nitrogens is 1. The zero-order valence-corrected chi connectivity index (χ0v) is 10.9. The molecule has 2 rings (SSSR count). The molecule has 0 bridgehead atoms. The number of nitrogens with one attached hydrogen (secondary N) is 1. The molecule has 5 heteroatoms. The van der Waals surface area contributed by atoms with Gasteiger partial charge in [0.05, 0.1) is 5.56 Å². The molecule has 3 N–H and O–H groups in total. The van der Waals surface area contributed by atoms with Gasteiger partial charge >= 0.3 is 0 Å². The first kappa shape index (κ1) is 12.8. The molecule has 1 aromatic heterocycles. The number of carbonyl (C=O) groups excluding carboxylic acids is 1. The maximum absolute atomic E-state index is 10.9. The van der Waals surface area contributed by atoms with Crippen molar-refractivity contribution in [2.24, 2.45) is 11.7 Å². The second kappa shape index (κ2) is 5.35. The van der Waals surface area contributed by atoms with Crippen LogP contribution in [0, 0.1) is 5.92 Å². The van der Waals surface area contributed by atoms with Crippen LogP contribution in [0.2, 0.25) is 0 Å². The Kier molecular flexibility index (Phi) is 3.81. The summed E-state index contributed by atoms with van der Waals surface area (Å²) in [5.74, 6) is 0.949. The standard InChI is InChI=1S/C13H20N4O/c1-9-8-17(2)6-5-11(9)16-12-4-3-10(7-15-12)13(14)18/h3-4,7,9,11H,5-6,8H2,1-2H3,(H2,14,18)(H,15,16). The maximum Gasteiger partial charge on any atom is 0.250 e. The van der Waals surface area contributed by atoms with E-state index in [1.165, 1.54) is 6.20 Å². The highest BCUT2D eigenvalue weighted by Crippen LogP contribution is 2.19. The summed E-state index contributed by atoms with van der Waals surface area (Å²) in [5.41, 5.74) is 5.62. The minimum absolute atomic E-state index is 0.438. The number of amides is 1. The number of nitrogens with zero attached hydrogens (tertiary/aromatic N) is 2. The molecule has 1 saturated heterocycles. The molecule has 1 fully saturated rings. The lowest BCUT2D eigenvalue weighted by molar-refractivity contribution is 0.1000. The Morgan fingerprint density at radius 1 is 1.56 bits per heavy atom. The molecule has 2 heterocycles. The Bertz CT molecular complexity index is 418. The van der Waals surface area contributed by atoms with Gasteiger partial charge in [-0.25, -0.2) is 4.98 Å². The number of primary amides is 1. The van der Waals surface area contributed by atoms with Crippen molar-refractivity contribution in [2.45, 2.75) is 19.4 Å². The number of nitrogens with two attached hydrogens (primary N) is 1. The Balaban J connectivity index is 1.99. The number of hydrogen-bond acceptors (Lipinski definition) is 4. The number of hydrogen-bond donors (Lipinski definition) is 2. The second-order valence-corrected chi connectivity index (χ2v) is 5.08. The maximum atomic E-state index is 10.9. The normalized spacial score (nSPS) is 24.8. The molecule has 2 unspecified atom stereocenters. The average molecular weight is 248 g/mol. The lowest BCUT2D eigenvalue weighted by atomic mass is 9.94. The van der Waals surface area contributed by atoms with Crippen LogP contribution in [0.3, 0.4) is 0 Å². The molecule has 1 amide bonds. The predicted molar refractivity (Wildman–Crippen MR) is 71.4 cm³/mol. The second-order valence-electron chi connectivity index (χ2n) is 5.08. The highest BCUT2D eigenvalue weighted by molar-refractivity contribution is 5.92. The number of anilines is 1. The fraction of sp³-hybridized carbons (Fsp3) is 0.538. The highest BCUT2D eigenvalue weighted by atomic mass is 16.1. The molecular weight excluding hydrogens is 228 g/mol. The first-order valence-corrected chi connectivity index (χ1v) is 6.27. The Morgan fingerprint density at radius 3 is 2.89 bits per heavy atom. The van der Waals surface area contributed by atoms with Crippen LogP contribution in [0.5, 0.6) is 0 Å². The fourth-order valence-corrected chi connectivity index (χ4v) is 2.38. The van der Waals surface area contributed by atoms with Crippen LogP contribution >= 0.6 is 0 Å². The van der Waals surface area contributed by atoms with Crippen molar-refractivity contribution >= 4 is 11.7 Å². The molecule has 1 aromatic rings. The van der Waals surface area contributed by atoms with Gasteiger partial charge in [0, 0.05) is 18.8 Å². The summed E-state index contributed by atoms with van der Waals surface area (Å²) >= 11 is 0. The minimum Gasteiger partial charge on any atom is -0.367 e. The van der Waals surface area contributed by atoms with E-state index in [9.17, 15) is 4.79 Å². The van der Waals surface area contributed by atoms with E-state index in [-0.39, 0.29) is 0 Å². The Morgan fingerprint density at radius 2 is 2.33 bits per heavy atom. The average Bonchev–Trinajstić information content (AvgIpc) is 2.33. The third-order valence-corrected chi connectivity index (χ3v) is 3.49. The summed E-state index contributed by atoms with van der Waals surface area (Å²) in [7, 11) is 2.15. The van der Waals surface area contributed by atoms with Gasteiger partial charge in [0.25, 0.3) is 0 Å². The highest BCUT2D eigenvalue weighted by Gasteiger charge is 2.24. The molecule has 1 aliphatic heterocycles. The van der Waals surface area contributed by atoms with Gasteiger partial charge in [-0.05, 0) is 38.1 Å². The molecule has 1 aliphatic rings. The van der Waals surface area contributed by atoms with Crippen LogP contribution < -0.4 is 11.1 Å². The van der Waals surface area contributed by atoms with Crippen molar-refractivity contribution in [3.05, 3.63) is 23.9 Å². The van der Waals surface area contributed by atoms with E-state index in [2.05, 4.69) is 29.2 Å². The number of carbonyl (C=O) groups is 1. The summed E-state index contributed by atoms with van der Waals surface area (Å²) in [6, 6.07) is 3.95. The van der Waals surface area contributed by atoms with Gasteiger partial charge in [0.1, 0.15) is 5.82 Å². The van der Waals surface area contributed by atoms with Crippen molar-refractivity contribution in [3.8, 4) is 0 Å². The number of likely N-dealkylation sites (tertiary alicyclic amines) is 1. The van der Waals surface area contributed by atoms with Crippen LogP contribution in [-0.2, 0) is 0 Å². The lowest BCUT2D eigenvalue weighted by Crippen LogP contribution is -2.43. The van der Waals surface area contributed by atoms with Gasteiger partial charge < -0.3 is 16.0 Å². The van der Waals surface area contributed by atoms with Crippen LogP contribution in [0.25, 0.3) is 0 Å².